The highest BCUT2D eigenvalue weighted by molar-refractivity contribution is 7.85. The average Bonchev–Trinajstić information content (AvgIpc) is 2.18. The van der Waals surface area contributed by atoms with Gasteiger partial charge in [0.05, 0.1) is 11.5 Å². The van der Waals surface area contributed by atoms with E-state index in [0.717, 1.165) is 5.56 Å². The molecule has 82 valence electrons. The normalized spacial score (nSPS) is 12.1. The molecule has 0 bridgehead atoms. The third-order valence-corrected chi connectivity index (χ3v) is 2.62. The van der Waals surface area contributed by atoms with Crippen molar-refractivity contribution in [2.45, 2.75) is 4.90 Å². The van der Waals surface area contributed by atoms with E-state index in [1.807, 2.05) is 6.08 Å². The maximum Gasteiger partial charge on any atom is 0.294 e. The molecule has 0 spiro atoms. The number of hydrogen-bond acceptors (Lipinski definition) is 3. The highest BCUT2D eigenvalue weighted by Crippen LogP contribution is 2.10. The molecule has 4 nitrogen and oxygen atoms in total. The van der Waals surface area contributed by atoms with Gasteiger partial charge in [0.2, 0.25) is 0 Å². The van der Waals surface area contributed by atoms with Crippen molar-refractivity contribution in [1.29, 1.82) is 0 Å². The van der Waals surface area contributed by atoms with E-state index in [-0.39, 0.29) is 4.90 Å². The van der Waals surface area contributed by atoms with Gasteiger partial charge in [-0.15, -0.1) is 0 Å². The van der Waals surface area contributed by atoms with Crippen molar-refractivity contribution in [1.82, 2.24) is 0 Å². The molecule has 1 aromatic carbocycles. The number of ether oxygens (including phenoxy) is 1. The lowest BCUT2D eigenvalue weighted by molar-refractivity contribution is 0.234. The zero-order valence-electron chi connectivity index (χ0n) is 8.25. The summed E-state index contributed by atoms with van der Waals surface area (Å²) in [6.07, 6.45) is 3.61. The van der Waals surface area contributed by atoms with Gasteiger partial charge >= 0.3 is 0 Å². The fourth-order valence-electron chi connectivity index (χ4n) is 1.03. The van der Waals surface area contributed by atoms with Gasteiger partial charge in [-0.3, -0.25) is 4.55 Å². The fraction of sp³-hybridized carbons (Fsp3) is 0.200. The maximum atomic E-state index is 10.7. The zero-order chi connectivity index (χ0) is 11.3. The fourth-order valence-corrected chi connectivity index (χ4v) is 1.51. The SMILES string of the molecule is COCC=Cc1ccc(S(=O)(=O)O)cc1. The van der Waals surface area contributed by atoms with Crippen molar-refractivity contribution in [3.8, 4) is 0 Å². The van der Waals surface area contributed by atoms with E-state index < -0.39 is 10.1 Å². The zero-order valence-corrected chi connectivity index (χ0v) is 9.07. The summed E-state index contributed by atoms with van der Waals surface area (Å²) in [5.41, 5.74) is 0.847. The van der Waals surface area contributed by atoms with Gasteiger partial charge in [0.1, 0.15) is 0 Å². The van der Waals surface area contributed by atoms with Gasteiger partial charge in [-0.25, -0.2) is 0 Å². The van der Waals surface area contributed by atoms with Crippen LogP contribution in [0.15, 0.2) is 35.2 Å². The predicted molar refractivity (Wildman–Crippen MR) is 57.2 cm³/mol. The molecule has 0 aromatic heterocycles. The van der Waals surface area contributed by atoms with Gasteiger partial charge in [-0.1, -0.05) is 24.3 Å². The molecule has 1 N–H and O–H groups in total. The van der Waals surface area contributed by atoms with Crippen molar-refractivity contribution >= 4 is 16.2 Å². The third-order valence-electron chi connectivity index (χ3n) is 1.75. The second kappa shape index (κ2) is 5.06. The van der Waals surface area contributed by atoms with Crippen LogP contribution in [0.2, 0.25) is 0 Å². The lowest BCUT2D eigenvalue weighted by Gasteiger charge is -1.97. The molecular formula is C10H12O4S. The minimum absolute atomic E-state index is 0.105. The summed E-state index contributed by atoms with van der Waals surface area (Å²) in [6, 6.07) is 5.91. The number of methoxy groups -OCH3 is 1. The molecule has 0 aliphatic rings. The quantitative estimate of drug-likeness (QED) is 0.795. The van der Waals surface area contributed by atoms with Crippen LogP contribution in [0.1, 0.15) is 5.56 Å². The van der Waals surface area contributed by atoms with Crippen LogP contribution in [0.25, 0.3) is 6.08 Å². The van der Waals surface area contributed by atoms with Gasteiger partial charge in [-0.2, -0.15) is 8.42 Å². The molecule has 0 atom stereocenters. The van der Waals surface area contributed by atoms with Crippen molar-refractivity contribution < 1.29 is 17.7 Å². The molecule has 0 saturated carbocycles. The molecule has 0 aliphatic carbocycles. The summed E-state index contributed by atoms with van der Waals surface area (Å²) in [4.78, 5) is -0.105. The first-order chi connectivity index (χ1) is 7.04. The average molecular weight is 228 g/mol. The highest BCUT2D eigenvalue weighted by atomic mass is 32.2. The predicted octanol–water partition coefficient (Wildman–Crippen LogP) is 1.59. The molecule has 0 aliphatic heterocycles. The van der Waals surface area contributed by atoms with Gasteiger partial charge in [0.25, 0.3) is 10.1 Å². The van der Waals surface area contributed by atoms with Gasteiger partial charge < -0.3 is 4.74 Å². The van der Waals surface area contributed by atoms with E-state index in [2.05, 4.69) is 0 Å². The Labute approximate surface area is 88.9 Å². The Morgan fingerprint density at radius 1 is 1.33 bits per heavy atom. The third kappa shape index (κ3) is 3.83. The van der Waals surface area contributed by atoms with E-state index >= 15 is 0 Å². The van der Waals surface area contributed by atoms with Crippen molar-refractivity contribution in [2.24, 2.45) is 0 Å². The second-order valence-electron chi connectivity index (χ2n) is 2.90. The minimum Gasteiger partial charge on any atom is -0.381 e. The minimum atomic E-state index is -4.09. The van der Waals surface area contributed by atoms with E-state index in [1.54, 1.807) is 25.3 Å². The number of rotatable bonds is 4. The lowest BCUT2D eigenvalue weighted by Crippen LogP contribution is -1.97. The largest absolute Gasteiger partial charge is 0.381 e. The van der Waals surface area contributed by atoms with Gasteiger partial charge in [0.15, 0.2) is 0 Å². The van der Waals surface area contributed by atoms with Crippen LogP contribution in [0.5, 0.6) is 0 Å². The molecule has 0 amide bonds. The summed E-state index contributed by atoms with van der Waals surface area (Å²) in [5, 5.41) is 0. The molecule has 0 saturated heterocycles. The van der Waals surface area contributed by atoms with Crippen molar-refractivity contribution in [3.05, 3.63) is 35.9 Å². The van der Waals surface area contributed by atoms with Crippen LogP contribution in [-0.2, 0) is 14.9 Å². The van der Waals surface area contributed by atoms with Crippen LogP contribution >= 0.6 is 0 Å². The van der Waals surface area contributed by atoms with Crippen LogP contribution in [-0.4, -0.2) is 26.7 Å². The summed E-state index contributed by atoms with van der Waals surface area (Å²) in [7, 11) is -2.50. The second-order valence-corrected chi connectivity index (χ2v) is 4.32. The first-order valence-electron chi connectivity index (χ1n) is 4.27. The molecule has 0 radical (unpaired) electrons. The Kier molecular flexibility index (Phi) is 4.02. The molecule has 5 heteroatoms. The standard InChI is InChI=1S/C10H12O4S/c1-14-8-2-3-9-4-6-10(7-5-9)15(11,12)13/h2-7H,8H2,1H3,(H,11,12,13). The van der Waals surface area contributed by atoms with Crippen LogP contribution < -0.4 is 0 Å². The molecule has 1 rings (SSSR count). The first-order valence-corrected chi connectivity index (χ1v) is 5.71. The monoisotopic (exact) mass is 228 g/mol. The lowest BCUT2D eigenvalue weighted by atomic mass is 10.2. The first kappa shape index (κ1) is 11.9. The topological polar surface area (TPSA) is 63.6 Å². The van der Waals surface area contributed by atoms with Crippen molar-refractivity contribution in [2.75, 3.05) is 13.7 Å². The van der Waals surface area contributed by atoms with Crippen molar-refractivity contribution in [3.63, 3.8) is 0 Å². The Balaban J connectivity index is 2.82. The van der Waals surface area contributed by atoms with E-state index in [4.69, 9.17) is 9.29 Å². The Morgan fingerprint density at radius 2 is 1.93 bits per heavy atom. The summed E-state index contributed by atoms with van der Waals surface area (Å²) in [5.74, 6) is 0. The molecule has 1 aromatic rings. The Morgan fingerprint density at radius 3 is 2.40 bits per heavy atom. The van der Waals surface area contributed by atoms with Crippen LogP contribution in [0.3, 0.4) is 0 Å². The van der Waals surface area contributed by atoms with Gasteiger partial charge in [0, 0.05) is 7.11 Å². The summed E-state index contributed by atoms with van der Waals surface area (Å²) >= 11 is 0. The van der Waals surface area contributed by atoms with E-state index in [1.165, 1.54) is 12.1 Å². The Bertz CT molecular complexity index is 431. The van der Waals surface area contributed by atoms with Crippen LogP contribution in [0, 0.1) is 0 Å². The smallest absolute Gasteiger partial charge is 0.294 e. The summed E-state index contributed by atoms with van der Waals surface area (Å²) < 4.78 is 35.0. The summed E-state index contributed by atoms with van der Waals surface area (Å²) in [6.45, 7) is 0.500. The highest BCUT2D eigenvalue weighted by Gasteiger charge is 2.07. The van der Waals surface area contributed by atoms with Gasteiger partial charge in [-0.05, 0) is 17.7 Å². The molecule has 0 fully saturated rings. The molecular weight excluding hydrogens is 216 g/mol. The molecule has 0 heterocycles. The maximum absolute atomic E-state index is 10.7. The molecule has 0 unspecified atom stereocenters. The van der Waals surface area contributed by atoms with E-state index in [9.17, 15) is 8.42 Å². The van der Waals surface area contributed by atoms with E-state index in [0.29, 0.717) is 6.61 Å². The number of hydrogen-bond donors (Lipinski definition) is 1. The Hall–Kier alpha value is -1.17. The van der Waals surface area contributed by atoms with Crippen LogP contribution in [0.4, 0.5) is 0 Å². The number of benzene rings is 1. The molecule has 15 heavy (non-hydrogen) atoms.